The highest BCUT2D eigenvalue weighted by atomic mass is 35.5. The van der Waals surface area contributed by atoms with Gasteiger partial charge in [-0.1, -0.05) is 30.3 Å². The van der Waals surface area contributed by atoms with Crippen LogP contribution >= 0.6 is 22.9 Å². The van der Waals surface area contributed by atoms with Gasteiger partial charge in [0.2, 0.25) is 5.28 Å². The van der Waals surface area contributed by atoms with Gasteiger partial charge in [0.25, 0.3) is 0 Å². The molecule has 1 aliphatic rings. The number of rotatable bonds is 3. The predicted molar refractivity (Wildman–Crippen MR) is 89.2 cm³/mol. The summed E-state index contributed by atoms with van der Waals surface area (Å²) in [6.07, 6.45) is 2.40. The number of fused-ring (bicyclic) bond motifs is 1. The number of aromatic nitrogens is 2. The quantitative estimate of drug-likeness (QED) is 0.699. The molecule has 2 aromatic heterocycles. The molecule has 1 aromatic carbocycles. The molecule has 0 radical (unpaired) electrons. The standard InChI is InChI=1S/C16H14ClN3S/c1-9-12(10-5-3-2-4-6-10)13-14(18-11-7-8-11)19-16(17)20-15(13)21-9/h2-6,11H,7-8H2,1H3,(H,18,19,20). The first kappa shape index (κ1) is 13.0. The van der Waals surface area contributed by atoms with Crippen LogP contribution in [0.25, 0.3) is 21.3 Å². The van der Waals surface area contributed by atoms with E-state index in [2.05, 4.69) is 46.5 Å². The molecule has 3 nitrogen and oxygen atoms in total. The van der Waals surface area contributed by atoms with Gasteiger partial charge >= 0.3 is 0 Å². The zero-order chi connectivity index (χ0) is 14.4. The maximum absolute atomic E-state index is 6.08. The molecule has 1 fully saturated rings. The Morgan fingerprint density at radius 1 is 1.19 bits per heavy atom. The van der Waals surface area contributed by atoms with Gasteiger partial charge in [0, 0.05) is 16.5 Å². The molecule has 0 aliphatic heterocycles. The number of thiophene rings is 1. The summed E-state index contributed by atoms with van der Waals surface area (Å²) in [5, 5.41) is 4.90. The summed E-state index contributed by atoms with van der Waals surface area (Å²) in [5.74, 6) is 0.871. The Morgan fingerprint density at radius 2 is 1.95 bits per heavy atom. The van der Waals surface area contributed by atoms with Gasteiger partial charge in [0.1, 0.15) is 10.6 Å². The topological polar surface area (TPSA) is 37.8 Å². The SMILES string of the molecule is Cc1sc2nc(Cl)nc(NC3CC3)c2c1-c1ccccc1. The van der Waals surface area contributed by atoms with E-state index in [1.165, 1.54) is 28.8 Å². The fourth-order valence-electron chi connectivity index (χ4n) is 2.56. The molecule has 106 valence electrons. The number of hydrogen-bond donors (Lipinski definition) is 1. The Hall–Kier alpha value is -1.65. The lowest BCUT2D eigenvalue weighted by Crippen LogP contribution is -2.04. The largest absolute Gasteiger partial charge is 0.367 e. The van der Waals surface area contributed by atoms with E-state index in [9.17, 15) is 0 Å². The van der Waals surface area contributed by atoms with Crippen LogP contribution in [0.2, 0.25) is 5.28 Å². The van der Waals surface area contributed by atoms with Crippen LogP contribution in [0.4, 0.5) is 5.82 Å². The first-order valence-corrected chi connectivity index (χ1v) is 8.20. The molecule has 5 heteroatoms. The van der Waals surface area contributed by atoms with Gasteiger partial charge in [0.05, 0.1) is 5.39 Å². The summed E-state index contributed by atoms with van der Waals surface area (Å²) in [6.45, 7) is 2.13. The van der Waals surface area contributed by atoms with Crippen molar-refractivity contribution >= 4 is 39.0 Å². The molecule has 0 atom stereocenters. The molecular weight excluding hydrogens is 302 g/mol. The van der Waals surface area contributed by atoms with Gasteiger partial charge in [-0.3, -0.25) is 0 Å². The van der Waals surface area contributed by atoms with E-state index < -0.39 is 0 Å². The van der Waals surface area contributed by atoms with Gasteiger partial charge < -0.3 is 5.32 Å². The number of aryl methyl sites for hydroxylation is 1. The van der Waals surface area contributed by atoms with Crippen LogP contribution in [-0.2, 0) is 0 Å². The lowest BCUT2D eigenvalue weighted by Gasteiger charge is -2.08. The molecule has 0 unspecified atom stereocenters. The zero-order valence-corrected chi connectivity index (χ0v) is 13.1. The number of anilines is 1. The van der Waals surface area contributed by atoms with Crippen LogP contribution in [0.1, 0.15) is 17.7 Å². The smallest absolute Gasteiger partial charge is 0.225 e. The Bertz CT molecular complexity index is 809. The molecule has 3 aromatic rings. The molecule has 0 spiro atoms. The van der Waals surface area contributed by atoms with Crippen molar-refractivity contribution in [2.24, 2.45) is 0 Å². The van der Waals surface area contributed by atoms with E-state index in [-0.39, 0.29) is 0 Å². The number of halogens is 1. The summed E-state index contributed by atoms with van der Waals surface area (Å²) >= 11 is 7.75. The van der Waals surface area contributed by atoms with Gasteiger partial charge in [-0.05, 0) is 36.9 Å². The number of nitrogens with one attached hydrogen (secondary N) is 1. The third-order valence-electron chi connectivity index (χ3n) is 3.68. The molecule has 4 rings (SSSR count). The first-order valence-electron chi connectivity index (χ1n) is 7.01. The average molecular weight is 316 g/mol. The van der Waals surface area contributed by atoms with E-state index in [1.807, 2.05) is 6.07 Å². The van der Waals surface area contributed by atoms with Gasteiger partial charge in [-0.2, -0.15) is 0 Å². The van der Waals surface area contributed by atoms with Crippen LogP contribution in [0.15, 0.2) is 30.3 Å². The third-order valence-corrected chi connectivity index (χ3v) is 4.85. The molecule has 0 amide bonds. The monoisotopic (exact) mass is 315 g/mol. The predicted octanol–water partition coefficient (Wildman–Crippen LogP) is 4.89. The lowest BCUT2D eigenvalue weighted by molar-refractivity contribution is 1.11. The van der Waals surface area contributed by atoms with Crippen LogP contribution < -0.4 is 5.32 Å². The van der Waals surface area contributed by atoms with E-state index in [1.54, 1.807) is 11.3 Å². The molecule has 21 heavy (non-hydrogen) atoms. The molecule has 1 saturated carbocycles. The molecule has 1 aliphatic carbocycles. The fourth-order valence-corrected chi connectivity index (χ4v) is 3.83. The van der Waals surface area contributed by atoms with Gasteiger partial charge in [-0.15, -0.1) is 11.3 Å². The third kappa shape index (κ3) is 2.39. The molecular formula is C16H14ClN3S. The van der Waals surface area contributed by atoms with Crippen molar-refractivity contribution in [1.82, 2.24) is 9.97 Å². The van der Waals surface area contributed by atoms with E-state index in [0.717, 1.165) is 16.0 Å². The first-order chi connectivity index (χ1) is 10.2. The van der Waals surface area contributed by atoms with Crippen molar-refractivity contribution in [3.05, 3.63) is 40.5 Å². The summed E-state index contributed by atoms with van der Waals surface area (Å²) in [6, 6.07) is 10.9. The van der Waals surface area contributed by atoms with E-state index >= 15 is 0 Å². The normalized spacial score (nSPS) is 14.6. The van der Waals surface area contributed by atoms with Crippen LogP contribution in [0.3, 0.4) is 0 Å². The summed E-state index contributed by atoms with van der Waals surface area (Å²) in [4.78, 5) is 11.0. The number of hydrogen-bond acceptors (Lipinski definition) is 4. The zero-order valence-electron chi connectivity index (χ0n) is 11.6. The lowest BCUT2D eigenvalue weighted by atomic mass is 10.0. The highest BCUT2D eigenvalue weighted by Crippen LogP contribution is 2.42. The Labute approximate surface area is 132 Å². The summed E-state index contributed by atoms with van der Waals surface area (Å²) in [5.41, 5.74) is 2.42. The number of nitrogens with zero attached hydrogens (tertiary/aromatic N) is 2. The second-order valence-corrected chi connectivity index (χ2v) is 6.88. The second-order valence-electron chi connectivity index (χ2n) is 5.34. The van der Waals surface area contributed by atoms with E-state index in [0.29, 0.717) is 11.3 Å². The number of benzene rings is 1. The highest BCUT2D eigenvalue weighted by Gasteiger charge is 2.25. The average Bonchev–Trinajstić information content (AvgIpc) is 3.21. The maximum atomic E-state index is 6.08. The Kier molecular flexibility index (Phi) is 3.08. The van der Waals surface area contributed by atoms with Crippen LogP contribution in [0.5, 0.6) is 0 Å². The molecule has 2 heterocycles. The van der Waals surface area contributed by atoms with Crippen molar-refractivity contribution in [2.75, 3.05) is 5.32 Å². The second kappa shape index (κ2) is 4.97. The van der Waals surface area contributed by atoms with Crippen LogP contribution in [0, 0.1) is 6.92 Å². The minimum Gasteiger partial charge on any atom is -0.367 e. The minimum absolute atomic E-state index is 0.312. The van der Waals surface area contributed by atoms with Gasteiger partial charge in [0.15, 0.2) is 0 Å². The van der Waals surface area contributed by atoms with Crippen molar-refractivity contribution in [3.8, 4) is 11.1 Å². The van der Waals surface area contributed by atoms with E-state index in [4.69, 9.17) is 11.6 Å². The summed E-state index contributed by atoms with van der Waals surface area (Å²) < 4.78 is 0. The maximum Gasteiger partial charge on any atom is 0.225 e. The van der Waals surface area contributed by atoms with Gasteiger partial charge in [-0.25, -0.2) is 9.97 Å². The summed E-state index contributed by atoms with van der Waals surface area (Å²) in [7, 11) is 0. The van der Waals surface area contributed by atoms with Crippen molar-refractivity contribution in [1.29, 1.82) is 0 Å². The van der Waals surface area contributed by atoms with Crippen molar-refractivity contribution in [3.63, 3.8) is 0 Å². The molecule has 0 bridgehead atoms. The van der Waals surface area contributed by atoms with Crippen LogP contribution in [-0.4, -0.2) is 16.0 Å². The Morgan fingerprint density at radius 3 is 2.67 bits per heavy atom. The minimum atomic E-state index is 0.312. The molecule has 1 N–H and O–H groups in total. The highest BCUT2D eigenvalue weighted by molar-refractivity contribution is 7.19. The van der Waals surface area contributed by atoms with Crippen molar-refractivity contribution < 1.29 is 0 Å². The molecule has 0 saturated heterocycles. The fraction of sp³-hybridized carbons (Fsp3) is 0.250. The van der Waals surface area contributed by atoms with Crippen molar-refractivity contribution in [2.45, 2.75) is 25.8 Å². The Balaban J connectivity index is 1.99.